The molecule has 20 heavy (non-hydrogen) atoms. The summed E-state index contributed by atoms with van der Waals surface area (Å²) in [5.74, 6) is -1.15. The van der Waals surface area contributed by atoms with Gasteiger partial charge in [-0.05, 0) is 19.8 Å². The smallest absolute Gasteiger partial charge is 0.291 e. The number of hydrogen-bond acceptors (Lipinski definition) is 4. The molecule has 0 aromatic carbocycles. The van der Waals surface area contributed by atoms with Gasteiger partial charge in [-0.25, -0.2) is 9.48 Å². The van der Waals surface area contributed by atoms with Crippen molar-refractivity contribution in [1.29, 1.82) is 0 Å². The number of rotatable bonds is 6. The molecule has 0 N–H and O–H groups in total. The van der Waals surface area contributed by atoms with E-state index in [1.54, 1.807) is 0 Å². The van der Waals surface area contributed by atoms with Crippen LogP contribution in [-0.4, -0.2) is 31.2 Å². The molecule has 1 fully saturated rings. The summed E-state index contributed by atoms with van der Waals surface area (Å²) in [7, 11) is 0. The number of carbonyl (C=O) groups excluding carboxylic acids is 2. The fraction of sp³-hybridized carbons (Fsp3) is 0.692. The molecule has 1 saturated carbocycles. The van der Waals surface area contributed by atoms with Crippen LogP contribution in [0, 0.1) is 5.92 Å². The lowest BCUT2D eigenvalue weighted by Gasteiger charge is -2.31. The van der Waals surface area contributed by atoms with Gasteiger partial charge in [0.1, 0.15) is 5.82 Å². The van der Waals surface area contributed by atoms with Crippen molar-refractivity contribution in [2.24, 2.45) is 5.92 Å². The zero-order chi connectivity index (χ0) is 14.9. The van der Waals surface area contributed by atoms with Gasteiger partial charge in [-0.15, -0.1) is 0 Å². The SMILES string of the molecule is CCC1C(=O)C(=O)C1c1nn(CCCBr)c(=O)n1CC. The third kappa shape index (κ3) is 2.28. The lowest BCUT2D eigenvalue weighted by Crippen LogP contribution is -2.47. The number of hydrogen-bond donors (Lipinski definition) is 0. The number of halogens is 1. The number of nitrogens with zero attached hydrogens (tertiary/aromatic N) is 3. The van der Waals surface area contributed by atoms with E-state index in [-0.39, 0.29) is 17.4 Å². The van der Waals surface area contributed by atoms with Gasteiger partial charge in [-0.2, -0.15) is 5.10 Å². The Hall–Kier alpha value is -1.24. The topological polar surface area (TPSA) is 74.0 Å². The fourth-order valence-corrected chi connectivity index (χ4v) is 2.88. The minimum Gasteiger partial charge on any atom is -0.291 e. The Morgan fingerprint density at radius 3 is 2.45 bits per heavy atom. The first-order valence-electron chi connectivity index (χ1n) is 6.88. The summed E-state index contributed by atoms with van der Waals surface area (Å²) in [5, 5.41) is 5.08. The van der Waals surface area contributed by atoms with E-state index in [1.807, 2.05) is 13.8 Å². The van der Waals surface area contributed by atoms with Gasteiger partial charge in [0.05, 0.1) is 5.92 Å². The van der Waals surface area contributed by atoms with Crippen LogP contribution in [0.5, 0.6) is 0 Å². The number of aromatic nitrogens is 3. The van der Waals surface area contributed by atoms with Gasteiger partial charge in [-0.3, -0.25) is 14.2 Å². The molecule has 1 heterocycles. The molecule has 0 radical (unpaired) electrons. The summed E-state index contributed by atoms with van der Waals surface area (Å²) in [5.41, 5.74) is -0.203. The third-order valence-electron chi connectivity index (χ3n) is 3.75. The maximum absolute atomic E-state index is 12.2. The molecule has 2 atom stereocenters. The van der Waals surface area contributed by atoms with Crippen LogP contribution in [0.4, 0.5) is 0 Å². The maximum Gasteiger partial charge on any atom is 0.345 e. The van der Waals surface area contributed by atoms with E-state index in [1.165, 1.54) is 9.25 Å². The standard InChI is InChI=1S/C13H18BrN3O3/c1-3-8-9(11(19)10(8)18)12-15-17(7-5-6-14)13(20)16(12)4-2/h8-9H,3-7H2,1-2H3. The molecule has 1 aromatic heterocycles. The van der Waals surface area contributed by atoms with Gasteiger partial charge in [0.15, 0.2) is 0 Å². The van der Waals surface area contributed by atoms with Crippen molar-refractivity contribution in [3.05, 3.63) is 16.3 Å². The second kappa shape index (κ2) is 6.03. The average Bonchev–Trinajstić information content (AvgIpc) is 2.76. The molecule has 0 aliphatic heterocycles. The van der Waals surface area contributed by atoms with E-state index < -0.39 is 11.7 Å². The summed E-state index contributed by atoms with van der Waals surface area (Å²) in [6.45, 7) is 4.68. The first-order chi connectivity index (χ1) is 9.56. The van der Waals surface area contributed by atoms with Crippen molar-refractivity contribution in [1.82, 2.24) is 14.3 Å². The lowest BCUT2D eigenvalue weighted by molar-refractivity contribution is -0.149. The van der Waals surface area contributed by atoms with Crippen molar-refractivity contribution in [3.8, 4) is 0 Å². The van der Waals surface area contributed by atoms with Crippen molar-refractivity contribution in [2.75, 3.05) is 5.33 Å². The summed E-state index contributed by atoms with van der Waals surface area (Å²) < 4.78 is 2.90. The average molecular weight is 344 g/mol. The molecule has 7 heteroatoms. The first-order valence-corrected chi connectivity index (χ1v) is 8.00. The highest BCUT2D eigenvalue weighted by Gasteiger charge is 2.51. The third-order valence-corrected chi connectivity index (χ3v) is 4.31. The van der Waals surface area contributed by atoms with E-state index in [0.717, 1.165) is 11.8 Å². The van der Waals surface area contributed by atoms with Gasteiger partial charge in [-0.1, -0.05) is 22.9 Å². The predicted octanol–water partition coefficient (Wildman–Crippen LogP) is 1.11. The van der Waals surface area contributed by atoms with Crippen LogP contribution in [-0.2, 0) is 22.7 Å². The minimum atomic E-state index is -0.537. The molecule has 110 valence electrons. The molecule has 1 aliphatic rings. The van der Waals surface area contributed by atoms with Crippen molar-refractivity contribution >= 4 is 27.5 Å². The lowest BCUT2D eigenvalue weighted by atomic mass is 9.69. The summed E-state index contributed by atoms with van der Waals surface area (Å²) in [6, 6.07) is 0. The summed E-state index contributed by atoms with van der Waals surface area (Å²) >= 11 is 3.32. The van der Waals surface area contributed by atoms with Gasteiger partial charge in [0.2, 0.25) is 11.6 Å². The Kier molecular flexibility index (Phi) is 4.57. The molecule has 2 unspecified atom stereocenters. The number of aryl methyl sites for hydroxylation is 1. The normalized spacial score (nSPS) is 22.1. The second-order valence-corrected chi connectivity index (χ2v) is 5.66. The summed E-state index contributed by atoms with van der Waals surface area (Å²) in [6.07, 6.45) is 1.39. The van der Waals surface area contributed by atoms with E-state index >= 15 is 0 Å². The van der Waals surface area contributed by atoms with Gasteiger partial charge >= 0.3 is 5.69 Å². The van der Waals surface area contributed by atoms with Crippen LogP contribution < -0.4 is 5.69 Å². The molecule has 0 amide bonds. The Morgan fingerprint density at radius 2 is 1.90 bits per heavy atom. The molecule has 1 aromatic rings. The molecule has 6 nitrogen and oxygen atoms in total. The molecule has 0 spiro atoms. The Balaban J connectivity index is 2.39. The predicted molar refractivity (Wildman–Crippen MR) is 77.1 cm³/mol. The van der Waals surface area contributed by atoms with E-state index in [0.29, 0.717) is 25.3 Å². The highest BCUT2D eigenvalue weighted by molar-refractivity contribution is 9.09. The molecule has 1 aliphatic carbocycles. The second-order valence-electron chi connectivity index (χ2n) is 4.87. The van der Waals surface area contributed by atoms with Crippen molar-refractivity contribution in [3.63, 3.8) is 0 Å². The first kappa shape index (κ1) is 15.2. The maximum atomic E-state index is 12.2. The van der Waals surface area contributed by atoms with E-state index in [4.69, 9.17) is 0 Å². The number of alkyl halides is 1. The van der Waals surface area contributed by atoms with Crippen LogP contribution in [0.2, 0.25) is 0 Å². The summed E-state index contributed by atoms with van der Waals surface area (Å²) in [4.78, 5) is 35.6. The molecule has 2 rings (SSSR count). The Labute approximate surface area is 125 Å². The number of ketones is 2. The highest BCUT2D eigenvalue weighted by Crippen LogP contribution is 2.37. The van der Waals surface area contributed by atoms with Gasteiger partial charge < -0.3 is 0 Å². The number of carbonyl (C=O) groups is 2. The zero-order valence-electron chi connectivity index (χ0n) is 11.6. The molecular formula is C13H18BrN3O3. The van der Waals surface area contributed by atoms with E-state index in [9.17, 15) is 14.4 Å². The Bertz CT molecular complexity index is 590. The fourth-order valence-electron chi connectivity index (χ4n) is 2.63. The van der Waals surface area contributed by atoms with Gasteiger partial charge in [0.25, 0.3) is 0 Å². The monoisotopic (exact) mass is 343 g/mol. The number of Topliss-reactive ketones (excluding diaryl/α,β-unsaturated/α-hetero) is 2. The van der Waals surface area contributed by atoms with Gasteiger partial charge in [0, 0.05) is 24.3 Å². The highest BCUT2D eigenvalue weighted by atomic mass is 79.9. The van der Waals surface area contributed by atoms with Crippen LogP contribution in [0.1, 0.15) is 38.4 Å². The van der Waals surface area contributed by atoms with Crippen molar-refractivity contribution in [2.45, 2.75) is 45.7 Å². The van der Waals surface area contributed by atoms with Crippen LogP contribution in [0.25, 0.3) is 0 Å². The quantitative estimate of drug-likeness (QED) is 0.572. The van der Waals surface area contributed by atoms with E-state index in [2.05, 4.69) is 21.0 Å². The van der Waals surface area contributed by atoms with Crippen LogP contribution >= 0.6 is 15.9 Å². The van der Waals surface area contributed by atoms with Crippen LogP contribution in [0.15, 0.2) is 4.79 Å². The van der Waals surface area contributed by atoms with Crippen molar-refractivity contribution < 1.29 is 9.59 Å². The Morgan fingerprint density at radius 1 is 1.20 bits per heavy atom. The van der Waals surface area contributed by atoms with Crippen LogP contribution in [0.3, 0.4) is 0 Å². The zero-order valence-corrected chi connectivity index (χ0v) is 13.2. The molecule has 0 saturated heterocycles. The molecule has 0 bridgehead atoms. The molecular weight excluding hydrogens is 326 g/mol. The largest absolute Gasteiger partial charge is 0.345 e. The minimum absolute atomic E-state index is 0.203.